The molecule has 3 aromatic carbocycles. The molecule has 7 rings (SSSR count). The number of amides is 3. The van der Waals surface area contributed by atoms with Crippen LogP contribution in [0.1, 0.15) is 47.6 Å². The molecule has 1 saturated heterocycles. The van der Waals surface area contributed by atoms with Gasteiger partial charge in [-0.05, 0) is 65.8 Å². The maximum Gasteiger partial charge on any atom is 0.329 e. The van der Waals surface area contributed by atoms with Crippen LogP contribution in [0, 0.1) is 11.7 Å². The third-order valence-corrected chi connectivity index (χ3v) is 8.96. The molecule has 0 bridgehead atoms. The number of nitrogens with one attached hydrogen (secondary N) is 1. The van der Waals surface area contributed by atoms with Gasteiger partial charge < -0.3 is 9.30 Å². The van der Waals surface area contributed by atoms with Gasteiger partial charge in [-0.2, -0.15) is 0 Å². The Morgan fingerprint density at radius 2 is 1.91 bits per heavy atom. The number of rotatable bonds is 8. The number of ether oxygens (including phenoxy) is 1. The van der Waals surface area contributed by atoms with Crippen LogP contribution >= 0.6 is 11.6 Å². The molecule has 2 fully saturated rings. The summed E-state index contributed by atoms with van der Waals surface area (Å²) in [5.41, 5.74) is 5.20. The van der Waals surface area contributed by atoms with Crippen LogP contribution in [0.2, 0.25) is 5.02 Å². The zero-order chi connectivity index (χ0) is 29.7. The molecule has 0 unspecified atom stereocenters. The molecule has 1 aliphatic carbocycles. The Bertz CT molecular complexity index is 1700. The number of hydrogen-bond acceptors (Lipinski definition) is 5. The second kappa shape index (κ2) is 11.1. The molecule has 1 N–H and O–H groups in total. The minimum Gasteiger partial charge on any atom is -0.489 e. The van der Waals surface area contributed by atoms with Gasteiger partial charge in [0.25, 0.3) is 0 Å². The molecular weight excluding hydrogens is 569 g/mol. The van der Waals surface area contributed by atoms with Crippen molar-refractivity contribution in [2.45, 2.75) is 45.0 Å². The largest absolute Gasteiger partial charge is 0.489 e. The van der Waals surface area contributed by atoms with E-state index in [1.165, 1.54) is 35.6 Å². The van der Waals surface area contributed by atoms with Crippen molar-refractivity contribution >= 4 is 29.4 Å². The Morgan fingerprint density at radius 1 is 1.09 bits per heavy atom. The molecular formula is C33H31ClFN5O3. The summed E-state index contributed by atoms with van der Waals surface area (Å²) in [5, 5.41) is 2.74. The summed E-state index contributed by atoms with van der Waals surface area (Å²) in [6.45, 7) is 2.08. The van der Waals surface area contributed by atoms with E-state index in [1.54, 1.807) is 23.2 Å². The Kier molecular flexibility index (Phi) is 7.15. The van der Waals surface area contributed by atoms with Crippen LogP contribution in [-0.2, 0) is 31.5 Å². The number of imidazole rings is 1. The zero-order valence-corrected chi connectivity index (χ0v) is 24.5. The van der Waals surface area contributed by atoms with Crippen molar-refractivity contribution in [1.29, 1.82) is 0 Å². The first-order chi connectivity index (χ1) is 20.9. The number of carbonyl (C=O) groups is 2. The van der Waals surface area contributed by atoms with Crippen molar-refractivity contribution in [2.24, 2.45) is 13.0 Å². The molecule has 220 valence electrons. The van der Waals surface area contributed by atoms with E-state index in [1.807, 2.05) is 23.7 Å². The van der Waals surface area contributed by atoms with E-state index in [0.29, 0.717) is 40.7 Å². The molecule has 10 heteroatoms. The minimum absolute atomic E-state index is 0.0702. The third-order valence-electron chi connectivity index (χ3n) is 8.61. The highest BCUT2D eigenvalue weighted by molar-refractivity contribution is 6.31. The highest BCUT2D eigenvalue weighted by Crippen LogP contribution is 2.50. The normalized spacial score (nSPS) is 18.6. The van der Waals surface area contributed by atoms with Gasteiger partial charge >= 0.3 is 6.03 Å². The first-order valence-corrected chi connectivity index (χ1v) is 14.9. The molecule has 1 saturated carbocycles. The molecule has 3 aliphatic rings. The number of fused-ring (bicyclic) bond motifs is 1. The summed E-state index contributed by atoms with van der Waals surface area (Å²) >= 11 is 6.14. The fraction of sp³-hybridized carbons (Fsp3) is 0.303. The summed E-state index contributed by atoms with van der Waals surface area (Å²) in [5.74, 6) is 2.10. The minimum atomic E-state index is -0.418. The maximum absolute atomic E-state index is 14.1. The van der Waals surface area contributed by atoms with E-state index in [0.717, 1.165) is 24.5 Å². The Hall–Kier alpha value is -4.21. The molecule has 4 aromatic rings. The molecule has 3 heterocycles. The van der Waals surface area contributed by atoms with Crippen LogP contribution in [0.4, 0.5) is 15.0 Å². The number of imide groups is 1. The van der Waals surface area contributed by atoms with Crippen molar-refractivity contribution in [3.63, 3.8) is 0 Å². The second-order valence-electron chi connectivity index (χ2n) is 11.5. The topological polar surface area (TPSA) is 79.7 Å². The Labute approximate surface area is 254 Å². The predicted octanol–water partition coefficient (Wildman–Crippen LogP) is 6.37. The van der Waals surface area contributed by atoms with Crippen LogP contribution in [-0.4, -0.2) is 32.9 Å². The van der Waals surface area contributed by atoms with Gasteiger partial charge in [0.05, 0.1) is 11.2 Å². The van der Waals surface area contributed by atoms with Crippen molar-refractivity contribution in [1.82, 2.24) is 19.8 Å². The molecule has 43 heavy (non-hydrogen) atoms. The number of anilines is 1. The van der Waals surface area contributed by atoms with E-state index in [-0.39, 0.29) is 24.8 Å². The number of carbonyl (C=O) groups excluding carboxylic acids is 2. The highest BCUT2D eigenvalue weighted by Gasteiger charge is 2.41. The SMILES string of the molecule is Cn1c(N2CCC(=O)NC2=O)cnc1-c1ccc2c(c1)[C@H](C1CC1)N(Cc1ccc(OCc3c(F)cccc3Cl)cc1)C2. The van der Waals surface area contributed by atoms with Crippen LogP contribution in [0.3, 0.4) is 0 Å². The van der Waals surface area contributed by atoms with Gasteiger partial charge in [-0.1, -0.05) is 41.9 Å². The molecule has 0 spiro atoms. The second-order valence-corrected chi connectivity index (χ2v) is 11.9. The summed E-state index contributed by atoms with van der Waals surface area (Å²) in [6.07, 6.45) is 4.39. The number of hydrogen-bond donors (Lipinski definition) is 1. The number of halogens is 2. The Balaban J connectivity index is 1.07. The van der Waals surface area contributed by atoms with Crippen molar-refractivity contribution < 1.29 is 18.7 Å². The van der Waals surface area contributed by atoms with Crippen LogP contribution in [0.5, 0.6) is 5.75 Å². The van der Waals surface area contributed by atoms with Gasteiger partial charge in [-0.15, -0.1) is 0 Å². The zero-order valence-electron chi connectivity index (χ0n) is 23.7. The molecule has 0 radical (unpaired) electrons. The van der Waals surface area contributed by atoms with Gasteiger partial charge in [-0.25, -0.2) is 14.2 Å². The molecule has 2 aliphatic heterocycles. The summed E-state index contributed by atoms with van der Waals surface area (Å²) < 4.78 is 21.9. The smallest absolute Gasteiger partial charge is 0.329 e. The molecule has 3 amide bonds. The lowest BCUT2D eigenvalue weighted by Gasteiger charge is -2.26. The van der Waals surface area contributed by atoms with Gasteiger partial charge in [0.15, 0.2) is 0 Å². The van der Waals surface area contributed by atoms with E-state index in [2.05, 4.69) is 45.5 Å². The lowest BCUT2D eigenvalue weighted by atomic mass is 9.98. The van der Waals surface area contributed by atoms with Crippen molar-refractivity contribution in [3.8, 4) is 17.1 Å². The van der Waals surface area contributed by atoms with Crippen LogP contribution < -0.4 is 15.0 Å². The summed E-state index contributed by atoms with van der Waals surface area (Å²) in [7, 11) is 1.90. The quantitative estimate of drug-likeness (QED) is 0.255. The first kappa shape index (κ1) is 27.6. The average molecular weight is 600 g/mol. The number of nitrogens with zero attached hydrogens (tertiary/aromatic N) is 4. The first-order valence-electron chi connectivity index (χ1n) is 14.5. The number of benzene rings is 3. The molecule has 8 nitrogen and oxygen atoms in total. The average Bonchev–Trinajstić information content (AvgIpc) is 3.66. The predicted molar refractivity (Wildman–Crippen MR) is 161 cm³/mol. The van der Waals surface area contributed by atoms with Gasteiger partial charge in [0.2, 0.25) is 5.91 Å². The summed E-state index contributed by atoms with van der Waals surface area (Å²) in [4.78, 5) is 32.8. The lowest BCUT2D eigenvalue weighted by molar-refractivity contribution is -0.120. The maximum atomic E-state index is 14.1. The highest BCUT2D eigenvalue weighted by atomic mass is 35.5. The molecule has 1 atom stereocenters. The van der Waals surface area contributed by atoms with Gasteiger partial charge in [0.1, 0.15) is 29.8 Å². The van der Waals surface area contributed by atoms with E-state index in [9.17, 15) is 14.0 Å². The van der Waals surface area contributed by atoms with Crippen molar-refractivity contribution in [2.75, 3.05) is 11.4 Å². The van der Waals surface area contributed by atoms with Crippen LogP contribution in [0.25, 0.3) is 11.4 Å². The fourth-order valence-electron chi connectivity index (χ4n) is 6.24. The fourth-order valence-corrected chi connectivity index (χ4v) is 6.46. The third kappa shape index (κ3) is 5.39. The van der Waals surface area contributed by atoms with Gasteiger partial charge in [0, 0.05) is 50.3 Å². The summed E-state index contributed by atoms with van der Waals surface area (Å²) in [6, 6.07) is 19.1. The van der Waals surface area contributed by atoms with Crippen LogP contribution in [0.15, 0.2) is 66.9 Å². The van der Waals surface area contributed by atoms with Crippen molar-refractivity contribution in [3.05, 3.63) is 100.0 Å². The van der Waals surface area contributed by atoms with Gasteiger partial charge in [-0.3, -0.25) is 19.9 Å². The van der Waals surface area contributed by atoms with E-state index >= 15 is 0 Å². The monoisotopic (exact) mass is 599 g/mol. The number of aromatic nitrogens is 2. The molecule has 1 aromatic heterocycles. The van der Waals surface area contributed by atoms with E-state index < -0.39 is 6.03 Å². The Morgan fingerprint density at radius 3 is 2.65 bits per heavy atom. The lowest BCUT2D eigenvalue weighted by Crippen LogP contribution is -2.50. The van der Waals surface area contributed by atoms with E-state index in [4.69, 9.17) is 16.3 Å². The standard InChI is InChI=1S/C33H31ClFN5O3/c1-38-30(40-14-13-29(41)37-33(40)42)16-36-32(38)22-9-10-23-18-39(31(21-7-8-21)25(23)15-22)17-20-5-11-24(12-6-20)43-19-26-27(34)3-2-4-28(26)35/h2-6,9-12,15-16,21,31H,7-8,13-14,17-19H2,1H3,(H,37,41,42)/t31-/m0/s1. The number of urea groups is 1.